The van der Waals surface area contributed by atoms with Gasteiger partial charge in [-0.15, -0.1) is 6.42 Å². The van der Waals surface area contributed by atoms with E-state index in [0.29, 0.717) is 34.3 Å². The summed E-state index contributed by atoms with van der Waals surface area (Å²) in [7, 11) is 0. The van der Waals surface area contributed by atoms with Gasteiger partial charge in [-0.05, 0) is 38.1 Å². The molecule has 186 valence electrons. The first kappa shape index (κ1) is 24.1. The van der Waals surface area contributed by atoms with Gasteiger partial charge in [-0.2, -0.15) is 0 Å². The first-order valence-electron chi connectivity index (χ1n) is 10.9. The number of pyridine rings is 1. The van der Waals surface area contributed by atoms with E-state index in [1.807, 2.05) is 0 Å². The Morgan fingerprint density at radius 3 is 2.83 bits per heavy atom. The number of nitrogens with zero attached hydrogens (tertiary/aromatic N) is 4. The summed E-state index contributed by atoms with van der Waals surface area (Å²) >= 11 is 0.638. The minimum Gasteiger partial charge on any atom is -0.463 e. The highest BCUT2D eigenvalue weighted by molar-refractivity contribution is 8.15. The summed E-state index contributed by atoms with van der Waals surface area (Å²) in [6.07, 6.45) is 6.70. The van der Waals surface area contributed by atoms with Crippen molar-refractivity contribution in [3.05, 3.63) is 48.0 Å². The van der Waals surface area contributed by atoms with E-state index >= 15 is 13.2 Å². The van der Waals surface area contributed by atoms with Crippen LogP contribution in [-0.4, -0.2) is 48.6 Å². The van der Waals surface area contributed by atoms with E-state index in [2.05, 4.69) is 31.2 Å². The van der Waals surface area contributed by atoms with Crippen LogP contribution in [0.1, 0.15) is 19.4 Å². The second kappa shape index (κ2) is 8.25. The van der Waals surface area contributed by atoms with E-state index in [9.17, 15) is 5.11 Å². The van der Waals surface area contributed by atoms with Crippen LogP contribution in [0, 0.1) is 24.1 Å². The molecule has 5 rings (SSSR count). The Hall–Kier alpha value is -3.56. The lowest BCUT2D eigenvalue weighted by atomic mass is 9.84. The third kappa shape index (κ3) is 3.45. The van der Waals surface area contributed by atoms with Crippen LogP contribution in [0.4, 0.5) is 24.7 Å². The molecule has 2 aliphatic rings. The second-order valence-electron chi connectivity index (χ2n) is 8.77. The van der Waals surface area contributed by atoms with Gasteiger partial charge < -0.3 is 20.9 Å². The summed E-state index contributed by atoms with van der Waals surface area (Å²) < 4.78 is 48.8. The van der Waals surface area contributed by atoms with Gasteiger partial charge in [-0.3, -0.25) is 4.99 Å². The number of aliphatic hydroxyl groups is 1. The van der Waals surface area contributed by atoms with E-state index in [0.717, 1.165) is 6.07 Å². The van der Waals surface area contributed by atoms with E-state index in [-0.39, 0.29) is 23.2 Å². The first-order valence-corrected chi connectivity index (χ1v) is 11.7. The van der Waals surface area contributed by atoms with Gasteiger partial charge >= 0.3 is 0 Å². The Bertz CT molecular complexity index is 1450. The number of thioether (sulfide) groups is 1. The number of benzene rings is 1. The molecule has 1 aliphatic carbocycles. The minimum atomic E-state index is -3.31. The van der Waals surface area contributed by atoms with Gasteiger partial charge in [0.1, 0.15) is 16.1 Å². The number of aliphatic hydroxyl groups excluding tert-OH is 1. The van der Waals surface area contributed by atoms with Gasteiger partial charge in [0.25, 0.3) is 5.92 Å². The number of alkyl halides is 2. The molecule has 0 radical (unpaired) electrons. The van der Waals surface area contributed by atoms with Gasteiger partial charge in [0.05, 0.1) is 29.3 Å². The highest BCUT2D eigenvalue weighted by Crippen LogP contribution is 2.75. The molecular weight excluding hydrogens is 493 g/mol. The van der Waals surface area contributed by atoms with Crippen molar-refractivity contribution in [3.8, 4) is 18.2 Å². The summed E-state index contributed by atoms with van der Waals surface area (Å²) in [5.74, 6) is -2.60. The quantitative estimate of drug-likeness (QED) is 0.427. The normalized spacial score (nSPS) is 26.9. The third-order valence-corrected chi connectivity index (χ3v) is 8.03. The fraction of sp³-hybridized carbons (Fsp3) is 0.333. The number of aliphatic imine (C=N–C) groups is 1. The number of hydrogen-bond acceptors (Lipinski definition) is 9. The van der Waals surface area contributed by atoms with Crippen LogP contribution in [0.5, 0.6) is 5.88 Å². The SMILES string of the molecule is C#CCOc1cnc2c(Nc3ccc(F)c([C@@]4(C)N=C(N)S[C@]5([C@@H](C)O)[C@H]4C5(F)F)c3)nccc2n1. The van der Waals surface area contributed by atoms with Crippen molar-refractivity contribution in [2.45, 2.75) is 36.2 Å². The molecule has 8 nitrogen and oxygen atoms in total. The molecule has 0 unspecified atom stereocenters. The van der Waals surface area contributed by atoms with Crippen LogP contribution < -0.4 is 15.8 Å². The Balaban J connectivity index is 1.53. The van der Waals surface area contributed by atoms with Gasteiger partial charge in [-0.25, -0.2) is 28.1 Å². The maximum atomic E-state index is 15.1. The summed E-state index contributed by atoms with van der Waals surface area (Å²) in [4.78, 5) is 17.2. The maximum Gasteiger partial charge on any atom is 0.273 e. The lowest BCUT2D eigenvalue weighted by Crippen LogP contribution is -2.40. The molecule has 36 heavy (non-hydrogen) atoms. The summed E-state index contributed by atoms with van der Waals surface area (Å²) in [5, 5.41) is 13.2. The van der Waals surface area contributed by atoms with Crippen LogP contribution in [0.2, 0.25) is 0 Å². The zero-order valence-electron chi connectivity index (χ0n) is 19.2. The topological polar surface area (TPSA) is 119 Å². The number of anilines is 2. The van der Waals surface area contributed by atoms with Crippen molar-refractivity contribution in [2.75, 3.05) is 11.9 Å². The van der Waals surface area contributed by atoms with E-state index in [1.54, 1.807) is 6.07 Å². The van der Waals surface area contributed by atoms with Crippen LogP contribution in [0.3, 0.4) is 0 Å². The number of ether oxygens (including phenoxy) is 1. The monoisotopic (exact) mass is 514 g/mol. The molecule has 0 amide bonds. The largest absolute Gasteiger partial charge is 0.463 e. The van der Waals surface area contributed by atoms with E-state index in [4.69, 9.17) is 16.9 Å². The van der Waals surface area contributed by atoms with Crippen molar-refractivity contribution in [3.63, 3.8) is 0 Å². The molecule has 1 aromatic carbocycles. The number of nitrogens with two attached hydrogens (primary N) is 1. The molecule has 3 aromatic rings. The third-order valence-electron chi connectivity index (χ3n) is 6.54. The molecule has 0 saturated heterocycles. The summed E-state index contributed by atoms with van der Waals surface area (Å²) in [6, 6.07) is 5.62. The molecule has 2 aromatic heterocycles. The molecule has 12 heteroatoms. The van der Waals surface area contributed by atoms with E-state index < -0.39 is 34.0 Å². The molecule has 0 spiro atoms. The molecule has 1 saturated carbocycles. The highest BCUT2D eigenvalue weighted by Gasteiger charge is 2.89. The predicted octanol–water partition coefficient (Wildman–Crippen LogP) is 3.58. The van der Waals surface area contributed by atoms with Crippen LogP contribution in [0.25, 0.3) is 11.0 Å². The summed E-state index contributed by atoms with van der Waals surface area (Å²) in [5.41, 5.74) is 5.35. The number of aromatic nitrogens is 3. The predicted molar refractivity (Wildman–Crippen MR) is 131 cm³/mol. The Labute approximate surface area is 208 Å². The number of halogens is 3. The molecular formula is C24H21F3N6O2S. The molecule has 0 bridgehead atoms. The smallest absolute Gasteiger partial charge is 0.273 e. The van der Waals surface area contributed by atoms with Gasteiger partial charge in [0.15, 0.2) is 17.6 Å². The Kier molecular flexibility index (Phi) is 5.53. The van der Waals surface area contributed by atoms with Crippen LogP contribution in [-0.2, 0) is 5.54 Å². The molecule has 4 N–H and O–H groups in total. The lowest BCUT2D eigenvalue weighted by molar-refractivity contribution is 0.0559. The fourth-order valence-corrected chi connectivity index (χ4v) is 6.38. The van der Waals surface area contributed by atoms with E-state index in [1.165, 1.54) is 38.4 Å². The fourth-order valence-electron chi connectivity index (χ4n) is 4.94. The van der Waals surface area contributed by atoms with Crippen LogP contribution in [0.15, 0.2) is 41.7 Å². The second-order valence-corrected chi connectivity index (χ2v) is 10.1. The molecule has 4 atom stereocenters. The molecule has 1 fully saturated rings. The average molecular weight is 515 g/mol. The van der Waals surface area contributed by atoms with Crippen molar-refractivity contribution in [1.29, 1.82) is 0 Å². The number of fused-ring (bicyclic) bond motifs is 2. The number of amidine groups is 1. The van der Waals surface area contributed by atoms with Crippen molar-refractivity contribution in [2.24, 2.45) is 16.6 Å². The van der Waals surface area contributed by atoms with Crippen LogP contribution >= 0.6 is 11.8 Å². The van der Waals surface area contributed by atoms with Crippen molar-refractivity contribution in [1.82, 2.24) is 15.0 Å². The zero-order chi connectivity index (χ0) is 25.9. The Morgan fingerprint density at radius 1 is 1.33 bits per heavy atom. The average Bonchev–Trinajstić information content (AvgIpc) is 3.35. The Morgan fingerprint density at radius 2 is 2.11 bits per heavy atom. The zero-order valence-corrected chi connectivity index (χ0v) is 20.0. The minimum absolute atomic E-state index is 0.0371. The standard InChI is InChI=1S/C24H21F3N6O2S/c1-4-9-35-17-11-30-18-16(32-17)7-8-29-19(18)31-13-5-6-15(25)14(10-13)22(3)20-23(12(2)34,24(20,26)27)36-21(28)33-22/h1,5-8,10-12,20,34H,9H2,2-3H3,(H2,28,33)(H,29,31)/t12-,20+,22-,23-/m1/s1. The number of hydrogen-bond donors (Lipinski definition) is 3. The lowest BCUT2D eigenvalue weighted by Gasteiger charge is -2.33. The van der Waals surface area contributed by atoms with Gasteiger partial charge in [0, 0.05) is 17.4 Å². The maximum absolute atomic E-state index is 15.1. The van der Waals surface area contributed by atoms with Crippen molar-refractivity contribution < 1.29 is 23.0 Å². The number of rotatable bonds is 6. The summed E-state index contributed by atoms with van der Waals surface area (Å²) in [6.45, 7) is 2.73. The van der Waals surface area contributed by atoms with Gasteiger partial charge in [0.2, 0.25) is 5.88 Å². The number of terminal acetylenes is 1. The highest BCUT2D eigenvalue weighted by atomic mass is 32.2. The molecule has 1 aliphatic heterocycles. The van der Waals surface area contributed by atoms with Crippen molar-refractivity contribution >= 4 is 39.5 Å². The first-order chi connectivity index (χ1) is 17.0. The van der Waals surface area contributed by atoms with Gasteiger partial charge in [-0.1, -0.05) is 17.7 Å². The molecule has 3 heterocycles. The number of nitrogens with one attached hydrogen (secondary N) is 1.